The number of aliphatic hydroxyl groups excluding tert-OH is 1. The quantitative estimate of drug-likeness (QED) is 0.761. The summed E-state index contributed by atoms with van der Waals surface area (Å²) in [4.78, 5) is 31.3. The van der Waals surface area contributed by atoms with Crippen LogP contribution < -0.4 is 10.1 Å². The van der Waals surface area contributed by atoms with Crippen LogP contribution in [0.3, 0.4) is 0 Å². The zero-order valence-electron chi connectivity index (χ0n) is 16.3. The maximum atomic E-state index is 12.8. The van der Waals surface area contributed by atoms with Crippen LogP contribution in [0, 0.1) is 5.92 Å². The van der Waals surface area contributed by atoms with Crippen LogP contribution in [0.4, 0.5) is 0 Å². The molecule has 148 valence electrons. The molecule has 1 aromatic heterocycles. The van der Waals surface area contributed by atoms with Crippen molar-refractivity contribution in [3.05, 3.63) is 22.9 Å². The number of hydrogen-bond donors (Lipinski definition) is 2. The van der Waals surface area contributed by atoms with Crippen molar-refractivity contribution in [1.82, 2.24) is 15.2 Å². The molecule has 0 bridgehead atoms. The van der Waals surface area contributed by atoms with Gasteiger partial charge in [0.2, 0.25) is 11.8 Å². The molecule has 1 aliphatic carbocycles. The smallest absolute Gasteiger partial charge is 0.256 e. The molecule has 7 heteroatoms. The first-order chi connectivity index (χ1) is 12.9. The number of carbonyl (C=O) groups excluding carboxylic acids is 2. The van der Waals surface area contributed by atoms with Crippen LogP contribution in [-0.2, 0) is 17.9 Å². The van der Waals surface area contributed by atoms with Gasteiger partial charge in [0.15, 0.2) is 0 Å². The van der Waals surface area contributed by atoms with Crippen molar-refractivity contribution in [2.24, 2.45) is 5.92 Å². The number of amides is 2. The molecule has 1 fully saturated rings. The Labute approximate surface area is 160 Å². The molecule has 1 aromatic rings. The fourth-order valence-corrected chi connectivity index (χ4v) is 3.94. The van der Waals surface area contributed by atoms with Crippen LogP contribution in [0.1, 0.15) is 67.6 Å². The van der Waals surface area contributed by atoms with Gasteiger partial charge in [0, 0.05) is 18.2 Å². The van der Waals surface area contributed by atoms with E-state index >= 15 is 0 Å². The average Bonchev–Trinajstić information content (AvgIpc) is 3.26. The van der Waals surface area contributed by atoms with Crippen LogP contribution in [0.25, 0.3) is 0 Å². The van der Waals surface area contributed by atoms with Gasteiger partial charge < -0.3 is 20.1 Å². The normalized spacial score (nSPS) is 18.1. The molecule has 0 unspecified atom stereocenters. The summed E-state index contributed by atoms with van der Waals surface area (Å²) in [7, 11) is 1.53. The van der Waals surface area contributed by atoms with Crippen molar-refractivity contribution in [2.75, 3.05) is 7.11 Å². The van der Waals surface area contributed by atoms with E-state index in [1.54, 1.807) is 6.07 Å². The highest BCUT2D eigenvalue weighted by Crippen LogP contribution is 2.33. The van der Waals surface area contributed by atoms with Gasteiger partial charge in [-0.3, -0.25) is 9.59 Å². The van der Waals surface area contributed by atoms with Gasteiger partial charge in [-0.1, -0.05) is 26.7 Å². The number of aliphatic hydroxyl groups is 1. The number of ether oxygens (including phenoxy) is 1. The van der Waals surface area contributed by atoms with E-state index < -0.39 is 12.0 Å². The molecular weight excluding hydrogens is 346 g/mol. The summed E-state index contributed by atoms with van der Waals surface area (Å²) in [6, 6.07) is 2.07. The summed E-state index contributed by atoms with van der Waals surface area (Å²) >= 11 is 0. The van der Waals surface area contributed by atoms with Crippen molar-refractivity contribution >= 4 is 11.8 Å². The minimum atomic E-state index is -1.04. The molecule has 0 aromatic carbocycles. The minimum Gasteiger partial charge on any atom is -0.481 e. The Balaban J connectivity index is 1.72. The summed E-state index contributed by atoms with van der Waals surface area (Å²) < 4.78 is 5.37. The molecule has 2 N–H and O–H groups in total. The molecule has 0 saturated heterocycles. The standard InChI is InChI=1S/C20H29N3O4/c1-12(2)8-17(24)18(25)21-10-13-9-15-16(22-19(13)27-3)11-23(20(15)26)14-6-4-5-7-14/h9,12,14,17,24H,4-8,10-11H2,1-3H3,(H,21,25)/t17-/m0/s1. The first-order valence-electron chi connectivity index (χ1n) is 9.74. The Morgan fingerprint density at radius 2 is 2.11 bits per heavy atom. The molecule has 0 radical (unpaired) electrons. The first kappa shape index (κ1) is 19.6. The maximum absolute atomic E-state index is 12.8. The largest absolute Gasteiger partial charge is 0.481 e. The Kier molecular flexibility index (Phi) is 5.99. The molecule has 3 rings (SSSR count). The van der Waals surface area contributed by atoms with E-state index in [0.29, 0.717) is 36.0 Å². The monoisotopic (exact) mass is 375 g/mol. The van der Waals surface area contributed by atoms with E-state index in [0.717, 1.165) is 31.4 Å². The van der Waals surface area contributed by atoms with Gasteiger partial charge in [0.25, 0.3) is 5.91 Å². The van der Waals surface area contributed by atoms with Gasteiger partial charge in [-0.25, -0.2) is 4.98 Å². The minimum absolute atomic E-state index is 0.0134. The third kappa shape index (κ3) is 4.24. The third-order valence-electron chi connectivity index (χ3n) is 5.36. The number of nitrogens with zero attached hydrogens (tertiary/aromatic N) is 2. The zero-order valence-corrected chi connectivity index (χ0v) is 16.3. The molecule has 7 nitrogen and oxygen atoms in total. The zero-order chi connectivity index (χ0) is 19.6. The fourth-order valence-electron chi connectivity index (χ4n) is 3.94. The number of carbonyl (C=O) groups is 2. The summed E-state index contributed by atoms with van der Waals surface area (Å²) in [6.07, 6.45) is 3.79. The third-order valence-corrected chi connectivity index (χ3v) is 5.36. The van der Waals surface area contributed by atoms with Crippen LogP contribution in [0.2, 0.25) is 0 Å². The molecule has 2 aliphatic rings. The number of aromatic nitrogens is 1. The highest BCUT2D eigenvalue weighted by atomic mass is 16.5. The molecule has 1 saturated carbocycles. The van der Waals surface area contributed by atoms with Crippen molar-refractivity contribution in [2.45, 2.75) is 71.2 Å². The topological polar surface area (TPSA) is 91.8 Å². The Morgan fingerprint density at radius 1 is 1.41 bits per heavy atom. The van der Waals surface area contributed by atoms with Gasteiger partial charge in [0.05, 0.1) is 24.9 Å². The van der Waals surface area contributed by atoms with Gasteiger partial charge >= 0.3 is 0 Å². The molecule has 0 spiro atoms. The predicted molar refractivity (Wildman–Crippen MR) is 100 cm³/mol. The van der Waals surface area contributed by atoms with E-state index in [-0.39, 0.29) is 18.4 Å². The highest BCUT2D eigenvalue weighted by molar-refractivity contribution is 5.98. The molecule has 27 heavy (non-hydrogen) atoms. The second-order valence-corrected chi connectivity index (χ2v) is 7.89. The van der Waals surface area contributed by atoms with E-state index in [1.165, 1.54) is 7.11 Å². The second-order valence-electron chi connectivity index (χ2n) is 7.89. The lowest BCUT2D eigenvalue weighted by Gasteiger charge is -2.22. The van der Waals surface area contributed by atoms with Crippen LogP contribution in [0.15, 0.2) is 6.07 Å². The molecular formula is C20H29N3O4. The van der Waals surface area contributed by atoms with E-state index in [2.05, 4.69) is 10.3 Å². The number of nitrogens with one attached hydrogen (secondary N) is 1. The van der Waals surface area contributed by atoms with Crippen LogP contribution >= 0.6 is 0 Å². The summed E-state index contributed by atoms with van der Waals surface area (Å²) in [5, 5.41) is 12.6. The lowest BCUT2D eigenvalue weighted by atomic mass is 10.1. The lowest BCUT2D eigenvalue weighted by Crippen LogP contribution is -2.35. The first-order valence-corrected chi connectivity index (χ1v) is 9.74. The molecule has 1 aliphatic heterocycles. The van der Waals surface area contributed by atoms with Gasteiger partial charge in [0.1, 0.15) is 6.10 Å². The van der Waals surface area contributed by atoms with Gasteiger partial charge in [-0.15, -0.1) is 0 Å². The second kappa shape index (κ2) is 8.25. The number of pyridine rings is 1. The van der Waals surface area contributed by atoms with E-state index in [4.69, 9.17) is 4.74 Å². The fraction of sp³-hybridized carbons (Fsp3) is 0.650. The predicted octanol–water partition coefficient (Wildman–Crippen LogP) is 2.01. The molecule has 2 heterocycles. The average molecular weight is 375 g/mol. The Bertz CT molecular complexity index is 713. The summed E-state index contributed by atoms with van der Waals surface area (Å²) in [5.74, 6) is 0.222. The number of hydrogen-bond acceptors (Lipinski definition) is 5. The summed E-state index contributed by atoms with van der Waals surface area (Å²) in [5.41, 5.74) is 1.97. The molecule has 2 amide bonds. The Morgan fingerprint density at radius 3 is 2.74 bits per heavy atom. The lowest BCUT2D eigenvalue weighted by molar-refractivity contribution is -0.130. The van der Waals surface area contributed by atoms with Crippen molar-refractivity contribution < 1.29 is 19.4 Å². The van der Waals surface area contributed by atoms with Crippen molar-refractivity contribution in [3.8, 4) is 5.88 Å². The van der Waals surface area contributed by atoms with Gasteiger partial charge in [-0.2, -0.15) is 0 Å². The van der Waals surface area contributed by atoms with E-state index in [1.807, 2.05) is 18.7 Å². The SMILES string of the molecule is COc1nc2c(cc1CNC(=O)[C@@H](O)CC(C)C)C(=O)N(C1CCCC1)C2. The van der Waals surface area contributed by atoms with E-state index in [9.17, 15) is 14.7 Å². The number of rotatable bonds is 7. The molecule has 1 atom stereocenters. The highest BCUT2D eigenvalue weighted by Gasteiger charge is 2.36. The van der Waals surface area contributed by atoms with Crippen molar-refractivity contribution in [1.29, 1.82) is 0 Å². The van der Waals surface area contributed by atoms with Gasteiger partial charge in [-0.05, 0) is 31.2 Å². The Hall–Kier alpha value is -2.15. The number of methoxy groups -OCH3 is 1. The van der Waals surface area contributed by atoms with Crippen molar-refractivity contribution in [3.63, 3.8) is 0 Å². The van der Waals surface area contributed by atoms with Crippen LogP contribution in [0.5, 0.6) is 5.88 Å². The summed E-state index contributed by atoms with van der Waals surface area (Å²) in [6.45, 7) is 4.58. The van der Waals surface area contributed by atoms with Crippen LogP contribution in [-0.4, -0.2) is 46.1 Å². The number of fused-ring (bicyclic) bond motifs is 1. The maximum Gasteiger partial charge on any atom is 0.256 e.